The van der Waals surface area contributed by atoms with Gasteiger partial charge >= 0.3 is 0 Å². The molecule has 0 saturated carbocycles. The van der Waals surface area contributed by atoms with Gasteiger partial charge < -0.3 is 20.5 Å². The van der Waals surface area contributed by atoms with Gasteiger partial charge in [0.2, 0.25) is 5.91 Å². The first kappa shape index (κ1) is 20.5. The van der Waals surface area contributed by atoms with Gasteiger partial charge in [0.05, 0.1) is 5.69 Å². The Hall–Kier alpha value is -2.19. The summed E-state index contributed by atoms with van der Waals surface area (Å²) >= 11 is 0. The molecule has 154 valence electrons. The highest BCUT2D eigenvalue weighted by Crippen LogP contribution is 2.27. The third kappa shape index (κ3) is 4.12. The highest BCUT2D eigenvalue weighted by molar-refractivity contribution is 5.97. The average Bonchev–Trinajstić information content (AvgIpc) is 3.03. The SMILES string of the molecule is CNC(=O)C(NC(=O)c1nc(C2=CCNCC2)n2c1CN(C)CC2)C(C)(C)C. The lowest BCUT2D eigenvalue weighted by atomic mass is 9.86. The molecule has 0 spiro atoms. The lowest BCUT2D eigenvalue weighted by molar-refractivity contribution is -0.124. The van der Waals surface area contributed by atoms with E-state index in [1.807, 2.05) is 27.8 Å². The Morgan fingerprint density at radius 3 is 2.64 bits per heavy atom. The summed E-state index contributed by atoms with van der Waals surface area (Å²) in [6, 6.07) is -0.634. The smallest absolute Gasteiger partial charge is 0.272 e. The second kappa shape index (κ2) is 8.05. The Morgan fingerprint density at radius 2 is 2.04 bits per heavy atom. The molecule has 28 heavy (non-hydrogen) atoms. The summed E-state index contributed by atoms with van der Waals surface area (Å²) in [4.78, 5) is 32.5. The van der Waals surface area contributed by atoms with E-state index in [0.717, 1.165) is 44.1 Å². The van der Waals surface area contributed by atoms with Crippen molar-refractivity contribution in [1.29, 1.82) is 0 Å². The van der Waals surface area contributed by atoms with Gasteiger partial charge in [0.15, 0.2) is 5.69 Å². The van der Waals surface area contributed by atoms with Crippen LogP contribution in [0, 0.1) is 5.41 Å². The van der Waals surface area contributed by atoms with Crippen LogP contribution in [-0.2, 0) is 17.9 Å². The quantitative estimate of drug-likeness (QED) is 0.703. The number of carbonyl (C=O) groups is 2. The van der Waals surface area contributed by atoms with Crippen molar-refractivity contribution < 1.29 is 9.59 Å². The van der Waals surface area contributed by atoms with E-state index in [9.17, 15) is 9.59 Å². The fourth-order valence-electron chi connectivity index (χ4n) is 3.76. The summed E-state index contributed by atoms with van der Waals surface area (Å²) in [5.74, 6) is 0.401. The molecule has 0 fully saturated rings. The molecule has 8 heteroatoms. The topological polar surface area (TPSA) is 91.3 Å². The maximum Gasteiger partial charge on any atom is 0.272 e. The highest BCUT2D eigenvalue weighted by atomic mass is 16.2. The predicted octanol–water partition coefficient (Wildman–Crippen LogP) is 0.596. The Morgan fingerprint density at radius 1 is 1.29 bits per heavy atom. The molecule has 0 bridgehead atoms. The zero-order chi connectivity index (χ0) is 20.5. The molecule has 2 aliphatic rings. The number of fused-ring (bicyclic) bond motifs is 1. The Labute approximate surface area is 166 Å². The van der Waals surface area contributed by atoms with E-state index < -0.39 is 11.5 Å². The van der Waals surface area contributed by atoms with Crippen LogP contribution < -0.4 is 16.0 Å². The van der Waals surface area contributed by atoms with Gasteiger partial charge in [0.25, 0.3) is 5.91 Å². The second-order valence-electron chi connectivity index (χ2n) is 8.69. The van der Waals surface area contributed by atoms with E-state index in [1.54, 1.807) is 7.05 Å². The van der Waals surface area contributed by atoms with E-state index in [4.69, 9.17) is 4.98 Å². The first-order valence-corrected chi connectivity index (χ1v) is 9.93. The Kier molecular flexibility index (Phi) is 5.90. The minimum atomic E-state index is -0.634. The molecule has 2 amide bonds. The number of carbonyl (C=O) groups excluding carboxylic acids is 2. The number of likely N-dealkylation sites (N-methyl/N-ethyl adjacent to an activating group) is 2. The fourth-order valence-corrected chi connectivity index (χ4v) is 3.76. The summed E-state index contributed by atoms with van der Waals surface area (Å²) in [5, 5.41) is 8.90. The van der Waals surface area contributed by atoms with Gasteiger partial charge in [-0.25, -0.2) is 4.98 Å². The zero-order valence-corrected chi connectivity index (χ0v) is 17.6. The first-order chi connectivity index (χ1) is 13.2. The number of aromatic nitrogens is 2. The molecule has 0 aliphatic carbocycles. The molecule has 8 nitrogen and oxygen atoms in total. The van der Waals surface area contributed by atoms with Crippen molar-refractivity contribution in [3.8, 4) is 0 Å². The summed E-state index contributed by atoms with van der Waals surface area (Å²) in [6.07, 6.45) is 3.05. The van der Waals surface area contributed by atoms with Gasteiger partial charge in [-0.05, 0) is 31.0 Å². The van der Waals surface area contributed by atoms with E-state index in [0.29, 0.717) is 12.2 Å². The molecule has 1 aromatic heterocycles. The molecule has 1 unspecified atom stereocenters. The maximum atomic E-state index is 13.2. The first-order valence-electron chi connectivity index (χ1n) is 9.93. The lowest BCUT2D eigenvalue weighted by Crippen LogP contribution is -2.53. The van der Waals surface area contributed by atoms with E-state index in [-0.39, 0.29) is 11.8 Å². The molecule has 3 N–H and O–H groups in total. The number of hydrogen-bond acceptors (Lipinski definition) is 5. The summed E-state index contributed by atoms with van der Waals surface area (Å²) in [5.41, 5.74) is 2.12. The number of nitrogens with one attached hydrogen (secondary N) is 3. The second-order valence-corrected chi connectivity index (χ2v) is 8.69. The van der Waals surface area contributed by atoms with Crippen molar-refractivity contribution in [2.24, 2.45) is 5.41 Å². The highest BCUT2D eigenvalue weighted by Gasteiger charge is 2.35. The van der Waals surface area contributed by atoms with Gasteiger partial charge in [0.1, 0.15) is 11.9 Å². The molecule has 0 aromatic carbocycles. The minimum Gasteiger partial charge on any atom is -0.357 e. The van der Waals surface area contributed by atoms with Crippen LogP contribution in [0.25, 0.3) is 5.57 Å². The summed E-state index contributed by atoms with van der Waals surface area (Å²) in [6.45, 7) is 9.95. The third-order valence-corrected chi connectivity index (χ3v) is 5.41. The molecule has 0 radical (unpaired) electrons. The van der Waals surface area contributed by atoms with Gasteiger partial charge in [-0.3, -0.25) is 14.5 Å². The van der Waals surface area contributed by atoms with Gasteiger partial charge in [-0.15, -0.1) is 0 Å². The minimum absolute atomic E-state index is 0.202. The number of rotatable bonds is 4. The van der Waals surface area contributed by atoms with Crippen molar-refractivity contribution in [1.82, 2.24) is 30.4 Å². The van der Waals surface area contributed by atoms with E-state index in [1.165, 1.54) is 5.57 Å². The van der Waals surface area contributed by atoms with Crippen LogP contribution in [0.2, 0.25) is 0 Å². The normalized spacial score (nSPS) is 18.8. The molecule has 3 heterocycles. The van der Waals surface area contributed by atoms with Crippen molar-refractivity contribution >= 4 is 17.4 Å². The van der Waals surface area contributed by atoms with Crippen LogP contribution in [0.1, 0.15) is 49.2 Å². The molecule has 0 saturated heterocycles. The largest absolute Gasteiger partial charge is 0.357 e. The van der Waals surface area contributed by atoms with Gasteiger partial charge in [-0.2, -0.15) is 0 Å². The number of hydrogen-bond donors (Lipinski definition) is 3. The van der Waals surface area contributed by atoms with Crippen molar-refractivity contribution in [2.45, 2.75) is 46.3 Å². The van der Waals surface area contributed by atoms with Crippen LogP contribution in [-0.4, -0.2) is 66.0 Å². The molecular weight excluding hydrogens is 356 g/mol. The van der Waals surface area contributed by atoms with Crippen LogP contribution in [0.4, 0.5) is 0 Å². The van der Waals surface area contributed by atoms with E-state index in [2.05, 4.69) is 31.5 Å². The molecule has 3 rings (SSSR count). The molecule has 2 aliphatic heterocycles. The van der Waals surface area contributed by atoms with E-state index >= 15 is 0 Å². The van der Waals surface area contributed by atoms with Crippen molar-refractivity contribution in [3.63, 3.8) is 0 Å². The summed E-state index contributed by atoms with van der Waals surface area (Å²) in [7, 11) is 3.63. The van der Waals surface area contributed by atoms with Crippen LogP contribution in [0.3, 0.4) is 0 Å². The monoisotopic (exact) mass is 388 g/mol. The van der Waals surface area contributed by atoms with Crippen molar-refractivity contribution in [2.75, 3.05) is 33.7 Å². The zero-order valence-electron chi connectivity index (χ0n) is 17.6. The number of imidazole rings is 1. The van der Waals surface area contributed by atoms with Crippen LogP contribution >= 0.6 is 0 Å². The fraction of sp³-hybridized carbons (Fsp3) is 0.650. The molecule has 1 aromatic rings. The van der Waals surface area contributed by atoms with Crippen LogP contribution in [0.5, 0.6) is 0 Å². The number of nitrogens with zero attached hydrogens (tertiary/aromatic N) is 3. The molecular formula is C20H32N6O2. The molecule has 1 atom stereocenters. The Balaban J connectivity index is 1.96. The van der Waals surface area contributed by atoms with Crippen molar-refractivity contribution in [3.05, 3.63) is 23.3 Å². The summed E-state index contributed by atoms with van der Waals surface area (Å²) < 4.78 is 2.18. The maximum absolute atomic E-state index is 13.2. The standard InChI is InChI=1S/C20H32N6O2/c1-20(2,3)16(19(28)21-4)24-18(27)15-14-12-25(5)10-11-26(14)17(23-15)13-6-8-22-9-7-13/h6,16,22H,7-12H2,1-5H3,(H,21,28)(H,24,27). The third-order valence-electron chi connectivity index (χ3n) is 5.41. The van der Waals surface area contributed by atoms with Gasteiger partial charge in [-0.1, -0.05) is 26.8 Å². The van der Waals surface area contributed by atoms with Crippen LogP contribution in [0.15, 0.2) is 6.08 Å². The lowest BCUT2D eigenvalue weighted by Gasteiger charge is -2.30. The average molecular weight is 389 g/mol. The predicted molar refractivity (Wildman–Crippen MR) is 109 cm³/mol. The van der Waals surface area contributed by atoms with Gasteiger partial charge in [0, 0.05) is 33.2 Å². The number of amides is 2. The Bertz CT molecular complexity index is 789.